The largest absolute Gasteiger partial charge is 0.348 e. The van der Waals surface area contributed by atoms with E-state index in [0.29, 0.717) is 0 Å². The standard InChI is InChI=1S/C19H24N2O2/c1-13(21-17(22)12-20-18(23)19(2,3)4)15-11-7-9-14-8-5-6-10-16(14)15/h5-11,13H,12H2,1-4H3,(H,20,23)(H,21,22). The van der Waals surface area contributed by atoms with Gasteiger partial charge in [-0.3, -0.25) is 9.59 Å². The number of hydrogen-bond donors (Lipinski definition) is 2. The summed E-state index contributed by atoms with van der Waals surface area (Å²) < 4.78 is 0. The van der Waals surface area contributed by atoms with Crippen molar-refractivity contribution in [1.82, 2.24) is 10.6 Å². The quantitative estimate of drug-likeness (QED) is 0.911. The fraction of sp³-hybridized carbons (Fsp3) is 0.368. The van der Waals surface area contributed by atoms with Crippen LogP contribution in [-0.4, -0.2) is 18.4 Å². The molecule has 0 bridgehead atoms. The van der Waals surface area contributed by atoms with E-state index in [1.54, 1.807) is 0 Å². The average molecular weight is 312 g/mol. The molecule has 0 heterocycles. The lowest BCUT2D eigenvalue weighted by atomic mass is 9.96. The molecule has 0 aromatic heterocycles. The van der Waals surface area contributed by atoms with E-state index in [-0.39, 0.29) is 24.4 Å². The van der Waals surface area contributed by atoms with Gasteiger partial charge in [-0.15, -0.1) is 0 Å². The van der Waals surface area contributed by atoms with Gasteiger partial charge in [-0.1, -0.05) is 63.2 Å². The van der Waals surface area contributed by atoms with Crippen LogP contribution in [0.5, 0.6) is 0 Å². The first kappa shape index (κ1) is 17.0. The van der Waals surface area contributed by atoms with E-state index in [0.717, 1.165) is 16.3 Å². The van der Waals surface area contributed by atoms with Gasteiger partial charge in [0, 0.05) is 5.41 Å². The van der Waals surface area contributed by atoms with Gasteiger partial charge in [-0.05, 0) is 23.3 Å². The molecule has 0 saturated heterocycles. The summed E-state index contributed by atoms with van der Waals surface area (Å²) in [5, 5.41) is 7.88. The molecule has 4 heteroatoms. The van der Waals surface area contributed by atoms with Gasteiger partial charge in [-0.2, -0.15) is 0 Å². The van der Waals surface area contributed by atoms with E-state index < -0.39 is 5.41 Å². The number of hydrogen-bond acceptors (Lipinski definition) is 2. The number of fused-ring (bicyclic) bond motifs is 1. The molecule has 1 unspecified atom stereocenters. The third-order valence-electron chi connectivity index (χ3n) is 3.76. The molecular weight excluding hydrogens is 288 g/mol. The van der Waals surface area contributed by atoms with E-state index in [1.165, 1.54) is 0 Å². The molecule has 122 valence electrons. The molecule has 2 aromatic rings. The zero-order chi connectivity index (χ0) is 17.0. The number of carbonyl (C=O) groups is 2. The van der Waals surface area contributed by atoms with Crippen molar-refractivity contribution in [2.75, 3.05) is 6.54 Å². The van der Waals surface area contributed by atoms with Crippen molar-refractivity contribution in [1.29, 1.82) is 0 Å². The molecule has 2 aromatic carbocycles. The van der Waals surface area contributed by atoms with Gasteiger partial charge in [0.25, 0.3) is 0 Å². The van der Waals surface area contributed by atoms with Crippen molar-refractivity contribution in [2.24, 2.45) is 5.41 Å². The fourth-order valence-electron chi connectivity index (χ4n) is 2.42. The van der Waals surface area contributed by atoms with Crippen molar-refractivity contribution < 1.29 is 9.59 Å². The van der Waals surface area contributed by atoms with E-state index in [2.05, 4.69) is 28.8 Å². The van der Waals surface area contributed by atoms with E-state index in [4.69, 9.17) is 0 Å². The van der Waals surface area contributed by atoms with Gasteiger partial charge >= 0.3 is 0 Å². The topological polar surface area (TPSA) is 58.2 Å². The van der Waals surface area contributed by atoms with Crippen LogP contribution in [0.3, 0.4) is 0 Å². The Morgan fingerprint density at radius 2 is 1.70 bits per heavy atom. The second kappa shape index (κ2) is 6.82. The summed E-state index contributed by atoms with van der Waals surface area (Å²) in [6, 6.07) is 14.0. The third kappa shape index (κ3) is 4.31. The molecule has 2 N–H and O–H groups in total. The highest BCUT2D eigenvalue weighted by Gasteiger charge is 2.21. The lowest BCUT2D eigenvalue weighted by Crippen LogP contribution is -2.42. The molecular formula is C19H24N2O2. The van der Waals surface area contributed by atoms with Gasteiger partial charge in [0.2, 0.25) is 11.8 Å². The highest BCUT2D eigenvalue weighted by atomic mass is 16.2. The SMILES string of the molecule is CC(NC(=O)CNC(=O)C(C)(C)C)c1cccc2ccccc12. The highest BCUT2D eigenvalue weighted by Crippen LogP contribution is 2.23. The molecule has 0 radical (unpaired) electrons. The summed E-state index contributed by atoms with van der Waals surface area (Å²) in [5.74, 6) is -0.325. The molecule has 1 atom stereocenters. The Bertz CT molecular complexity index is 711. The number of amides is 2. The lowest BCUT2D eigenvalue weighted by Gasteiger charge is -2.19. The predicted molar refractivity (Wildman–Crippen MR) is 93.0 cm³/mol. The first-order valence-electron chi connectivity index (χ1n) is 7.84. The molecule has 2 amide bonds. The monoisotopic (exact) mass is 312 g/mol. The van der Waals surface area contributed by atoms with Crippen molar-refractivity contribution in [3.63, 3.8) is 0 Å². The minimum Gasteiger partial charge on any atom is -0.348 e. The Morgan fingerprint density at radius 1 is 1.04 bits per heavy atom. The van der Waals surface area contributed by atoms with Gasteiger partial charge < -0.3 is 10.6 Å². The molecule has 0 aliphatic rings. The summed E-state index contributed by atoms with van der Waals surface area (Å²) in [6.45, 7) is 7.40. The zero-order valence-corrected chi connectivity index (χ0v) is 14.1. The molecule has 23 heavy (non-hydrogen) atoms. The normalized spacial score (nSPS) is 12.7. The zero-order valence-electron chi connectivity index (χ0n) is 14.1. The van der Waals surface area contributed by atoms with Crippen molar-refractivity contribution in [3.05, 3.63) is 48.0 Å². The van der Waals surface area contributed by atoms with Crippen LogP contribution in [-0.2, 0) is 9.59 Å². The number of nitrogens with one attached hydrogen (secondary N) is 2. The second-order valence-corrected chi connectivity index (χ2v) is 6.79. The second-order valence-electron chi connectivity index (χ2n) is 6.79. The Morgan fingerprint density at radius 3 is 2.39 bits per heavy atom. The fourth-order valence-corrected chi connectivity index (χ4v) is 2.42. The summed E-state index contributed by atoms with van der Waals surface area (Å²) in [6.07, 6.45) is 0. The maximum Gasteiger partial charge on any atom is 0.239 e. The Labute approximate surface area is 137 Å². The lowest BCUT2D eigenvalue weighted by molar-refractivity contribution is -0.131. The van der Waals surface area contributed by atoms with E-state index in [1.807, 2.05) is 52.0 Å². The molecule has 0 aliphatic carbocycles. The highest BCUT2D eigenvalue weighted by molar-refractivity contribution is 5.89. The van der Waals surface area contributed by atoms with Crippen molar-refractivity contribution >= 4 is 22.6 Å². The summed E-state index contributed by atoms with van der Waals surface area (Å²) in [4.78, 5) is 23.9. The minimum absolute atomic E-state index is 0.00872. The third-order valence-corrected chi connectivity index (χ3v) is 3.76. The molecule has 0 fully saturated rings. The van der Waals surface area contributed by atoms with Crippen LogP contribution < -0.4 is 10.6 Å². The minimum atomic E-state index is -0.498. The Balaban J connectivity index is 2.02. The van der Waals surface area contributed by atoms with Crippen LogP contribution in [0.1, 0.15) is 39.3 Å². The smallest absolute Gasteiger partial charge is 0.239 e. The number of benzene rings is 2. The number of rotatable bonds is 4. The average Bonchev–Trinajstić information content (AvgIpc) is 2.51. The van der Waals surface area contributed by atoms with Crippen LogP contribution in [0.15, 0.2) is 42.5 Å². The summed E-state index contributed by atoms with van der Waals surface area (Å²) in [7, 11) is 0. The van der Waals surface area contributed by atoms with Crippen LogP contribution in [0, 0.1) is 5.41 Å². The molecule has 0 spiro atoms. The van der Waals surface area contributed by atoms with Crippen molar-refractivity contribution in [3.8, 4) is 0 Å². The van der Waals surface area contributed by atoms with Gasteiger partial charge in [0.1, 0.15) is 0 Å². The summed E-state index contributed by atoms with van der Waals surface area (Å²) in [5.41, 5.74) is 0.570. The van der Waals surface area contributed by atoms with Gasteiger partial charge in [-0.25, -0.2) is 0 Å². The maximum absolute atomic E-state index is 12.1. The summed E-state index contributed by atoms with van der Waals surface area (Å²) >= 11 is 0. The number of carbonyl (C=O) groups excluding carboxylic acids is 2. The van der Waals surface area contributed by atoms with Gasteiger partial charge in [0.15, 0.2) is 0 Å². The molecule has 2 rings (SSSR count). The first-order valence-corrected chi connectivity index (χ1v) is 7.84. The van der Waals surface area contributed by atoms with Crippen LogP contribution in [0.2, 0.25) is 0 Å². The first-order chi connectivity index (χ1) is 10.8. The molecule has 0 saturated carbocycles. The van der Waals surface area contributed by atoms with Crippen LogP contribution in [0.4, 0.5) is 0 Å². The molecule has 4 nitrogen and oxygen atoms in total. The van der Waals surface area contributed by atoms with E-state index >= 15 is 0 Å². The predicted octanol–water partition coefficient (Wildman–Crippen LogP) is 3.18. The van der Waals surface area contributed by atoms with E-state index in [9.17, 15) is 9.59 Å². The van der Waals surface area contributed by atoms with Gasteiger partial charge in [0.05, 0.1) is 12.6 Å². The Kier molecular flexibility index (Phi) is 5.04. The van der Waals surface area contributed by atoms with Crippen LogP contribution >= 0.6 is 0 Å². The Hall–Kier alpha value is -2.36. The van der Waals surface area contributed by atoms with Crippen LogP contribution in [0.25, 0.3) is 10.8 Å². The molecule has 0 aliphatic heterocycles. The van der Waals surface area contributed by atoms with Crippen molar-refractivity contribution in [2.45, 2.75) is 33.7 Å². The maximum atomic E-state index is 12.1.